The Kier molecular flexibility index (Phi) is 4.79. The minimum absolute atomic E-state index is 0.0284. The van der Waals surface area contributed by atoms with Gasteiger partial charge in [-0.05, 0) is 25.2 Å². The Morgan fingerprint density at radius 1 is 1.63 bits per heavy atom. The number of morpholine rings is 1. The number of carboxylic acid groups (broad SMARTS) is 1. The summed E-state index contributed by atoms with van der Waals surface area (Å²) in [5.41, 5.74) is 0.160. The first-order chi connectivity index (χ1) is 9.06. The van der Waals surface area contributed by atoms with Crippen LogP contribution >= 0.6 is 15.9 Å². The molecule has 1 aliphatic rings. The number of likely N-dealkylation sites (N-methyl/N-ethyl adjacent to an activating group) is 1. The normalized spacial score (nSPS) is 20.2. The zero-order valence-corrected chi connectivity index (χ0v) is 12.2. The van der Waals surface area contributed by atoms with Crippen molar-refractivity contribution in [3.63, 3.8) is 0 Å². The van der Waals surface area contributed by atoms with Crippen molar-refractivity contribution in [3.8, 4) is 5.75 Å². The number of hydrogen-bond donors (Lipinski definition) is 1. The maximum Gasteiger partial charge on any atom is 0.339 e. The molecule has 1 heterocycles. The van der Waals surface area contributed by atoms with Gasteiger partial charge in [-0.25, -0.2) is 4.79 Å². The summed E-state index contributed by atoms with van der Waals surface area (Å²) in [5, 5.41) is 9.10. The fourth-order valence-corrected chi connectivity index (χ4v) is 2.28. The van der Waals surface area contributed by atoms with Gasteiger partial charge in [0, 0.05) is 17.6 Å². The average Bonchev–Trinajstić information content (AvgIpc) is 2.36. The SMILES string of the molecule is CN1CCOC(COc2cc(Br)ccc2C(=O)O)C1. The molecular formula is C13H16BrNO4. The Hall–Kier alpha value is -1.11. The maximum atomic E-state index is 11.1. The third-order valence-electron chi connectivity index (χ3n) is 2.94. The Morgan fingerprint density at radius 2 is 2.42 bits per heavy atom. The largest absolute Gasteiger partial charge is 0.490 e. The molecule has 6 heteroatoms. The molecular weight excluding hydrogens is 314 g/mol. The first kappa shape index (κ1) is 14.3. The Labute approximate surface area is 120 Å². The maximum absolute atomic E-state index is 11.1. The van der Waals surface area contributed by atoms with Crippen LogP contribution in [0.25, 0.3) is 0 Å². The molecule has 5 nitrogen and oxygen atoms in total. The molecule has 0 saturated carbocycles. The molecule has 1 unspecified atom stereocenters. The second-order valence-electron chi connectivity index (χ2n) is 4.51. The number of benzene rings is 1. The second-order valence-corrected chi connectivity index (χ2v) is 5.43. The van der Waals surface area contributed by atoms with E-state index >= 15 is 0 Å². The number of aromatic carboxylic acids is 1. The molecule has 1 aliphatic heterocycles. The van der Waals surface area contributed by atoms with E-state index in [4.69, 9.17) is 14.6 Å². The average molecular weight is 330 g/mol. The lowest BCUT2D eigenvalue weighted by Crippen LogP contribution is -2.42. The van der Waals surface area contributed by atoms with E-state index in [2.05, 4.69) is 20.8 Å². The van der Waals surface area contributed by atoms with Crippen molar-refractivity contribution in [3.05, 3.63) is 28.2 Å². The van der Waals surface area contributed by atoms with Gasteiger partial charge < -0.3 is 19.5 Å². The van der Waals surface area contributed by atoms with Crippen LogP contribution in [0.1, 0.15) is 10.4 Å². The van der Waals surface area contributed by atoms with Crippen LogP contribution in [0.2, 0.25) is 0 Å². The van der Waals surface area contributed by atoms with E-state index < -0.39 is 5.97 Å². The summed E-state index contributed by atoms with van der Waals surface area (Å²) in [5.74, 6) is -0.636. The second kappa shape index (κ2) is 6.36. The first-order valence-corrected chi connectivity index (χ1v) is 6.81. The topological polar surface area (TPSA) is 59.0 Å². The molecule has 19 heavy (non-hydrogen) atoms. The third-order valence-corrected chi connectivity index (χ3v) is 3.43. The van der Waals surface area contributed by atoms with Crippen molar-refractivity contribution in [1.29, 1.82) is 0 Å². The van der Waals surface area contributed by atoms with Crippen LogP contribution in [0.15, 0.2) is 22.7 Å². The first-order valence-electron chi connectivity index (χ1n) is 6.02. The van der Waals surface area contributed by atoms with Crippen LogP contribution in [0, 0.1) is 0 Å². The Morgan fingerprint density at radius 3 is 3.11 bits per heavy atom. The molecule has 104 valence electrons. The summed E-state index contributed by atoms with van der Waals surface area (Å²) in [7, 11) is 2.03. The molecule has 1 saturated heterocycles. The minimum Gasteiger partial charge on any atom is -0.490 e. The van der Waals surface area contributed by atoms with Crippen LogP contribution in [-0.4, -0.2) is 55.4 Å². The lowest BCUT2D eigenvalue weighted by molar-refractivity contribution is -0.0405. The molecule has 0 amide bonds. The summed E-state index contributed by atoms with van der Waals surface area (Å²) in [4.78, 5) is 13.3. The molecule has 0 aromatic heterocycles. The van der Waals surface area contributed by atoms with E-state index in [0.29, 0.717) is 19.0 Å². The highest BCUT2D eigenvalue weighted by molar-refractivity contribution is 9.10. The molecule has 0 bridgehead atoms. The molecule has 1 atom stereocenters. The van der Waals surface area contributed by atoms with Gasteiger partial charge in [0.15, 0.2) is 0 Å². The lowest BCUT2D eigenvalue weighted by Gasteiger charge is -2.29. The number of hydrogen-bond acceptors (Lipinski definition) is 4. The van der Waals surface area contributed by atoms with Gasteiger partial charge in [0.05, 0.1) is 6.61 Å². The highest BCUT2D eigenvalue weighted by Crippen LogP contribution is 2.24. The van der Waals surface area contributed by atoms with Crippen molar-refractivity contribution in [2.45, 2.75) is 6.10 Å². The summed E-state index contributed by atoms with van der Waals surface area (Å²) in [6.45, 7) is 2.72. The van der Waals surface area contributed by atoms with Crippen molar-refractivity contribution in [2.24, 2.45) is 0 Å². The molecule has 1 aromatic carbocycles. The minimum atomic E-state index is -0.996. The molecule has 0 spiro atoms. The van der Waals surface area contributed by atoms with Crippen LogP contribution in [-0.2, 0) is 4.74 Å². The predicted molar refractivity (Wildman–Crippen MR) is 73.8 cm³/mol. The van der Waals surface area contributed by atoms with Gasteiger partial charge in [0.2, 0.25) is 0 Å². The molecule has 1 aromatic rings. The zero-order chi connectivity index (χ0) is 13.8. The number of rotatable bonds is 4. The number of ether oxygens (including phenoxy) is 2. The molecule has 0 radical (unpaired) electrons. The van der Waals surface area contributed by atoms with Crippen molar-refractivity contribution in [2.75, 3.05) is 33.4 Å². The third kappa shape index (κ3) is 3.92. The summed E-state index contributed by atoms with van der Waals surface area (Å²) in [6.07, 6.45) is -0.0284. The molecule has 2 rings (SSSR count). The van der Waals surface area contributed by atoms with Crippen molar-refractivity contribution in [1.82, 2.24) is 4.90 Å². The van der Waals surface area contributed by atoms with Gasteiger partial charge in [-0.15, -0.1) is 0 Å². The van der Waals surface area contributed by atoms with Gasteiger partial charge in [-0.1, -0.05) is 15.9 Å². The van der Waals surface area contributed by atoms with Crippen molar-refractivity contribution < 1.29 is 19.4 Å². The van der Waals surface area contributed by atoms with E-state index in [1.165, 1.54) is 6.07 Å². The summed E-state index contributed by atoms with van der Waals surface area (Å²) in [6, 6.07) is 4.87. The number of carbonyl (C=O) groups is 1. The van der Waals surface area contributed by atoms with Gasteiger partial charge >= 0.3 is 5.97 Å². The van der Waals surface area contributed by atoms with E-state index in [0.717, 1.165) is 17.6 Å². The summed E-state index contributed by atoms with van der Waals surface area (Å²) >= 11 is 3.31. The quantitative estimate of drug-likeness (QED) is 0.913. The summed E-state index contributed by atoms with van der Waals surface area (Å²) < 4.78 is 12.0. The highest BCUT2D eigenvalue weighted by Gasteiger charge is 2.19. The Balaban J connectivity index is 2.02. The Bertz CT molecular complexity index is 466. The van der Waals surface area contributed by atoms with Gasteiger partial charge in [0.1, 0.15) is 24.0 Å². The van der Waals surface area contributed by atoms with Crippen LogP contribution in [0.4, 0.5) is 0 Å². The molecule has 0 aliphatic carbocycles. The zero-order valence-electron chi connectivity index (χ0n) is 10.6. The van der Waals surface area contributed by atoms with E-state index in [9.17, 15) is 4.79 Å². The van der Waals surface area contributed by atoms with Gasteiger partial charge in [0.25, 0.3) is 0 Å². The fourth-order valence-electron chi connectivity index (χ4n) is 1.94. The van der Waals surface area contributed by atoms with Gasteiger partial charge in [-0.3, -0.25) is 0 Å². The van der Waals surface area contributed by atoms with Crippen LogP contribution in [0.5, 0.6) is 5.75 Å². The molecule has 1 fully saturated rings. The number of halogens is 1. The van der Waals surface area contributed by atoms with Crippen LogP contribution in [0.3, 0.4) is 0 Å². The standard InChI is InChI=1S/C13H16BrNO4/c1-15-4-5-18-10(7-15)8-19-12-6-9(14)2-3-11(12)13(16)17/h2-3,6,10H,4-5,7-8H2,1H3,(H,16,17). The van der Waals surface area contributed by atoms with Crippen LogP contribution < -0.4 is 4.74 Å². The highest BCUT2D eigenvalue weighted by atomic mass is 79.9. The van der Waals surface area contributed by atoms with Gasteiger partial charge in [-0.2, -0.15) is 0 Å². The van der Waals surface area contributed by atoms with Crippen molar-refractivity contribution >= 4 is 21.9 Å². The fraction of sp³-hybridized carbons (Fsp3) is 0.462. The van der Waals surface area contributed by atoms with E-state index in [1.54, 1.807) is 12.1 Å². The number of carboxylic acids is 1. The monoisotopic (exact) mass is 329 g/mol. The van der Waals surface area contributed by atoms with E-state index in [-0.39, 0.29) is 11.7 Å². The molecule has 1 N–H and O–H groups in total. The van der Waals surface area contributed by atoms with E-state index in [1.807, 2.05) is 7.05 Å². The predicted octanol–water partition coefficient (Wildman–Crippen LogP) is 1.86. The lowest BCUT2D eigenvalue weighted by atomic mass is 10.2. The number of nitrogens with zero attached hydrogens (tertiary/aromatic N) is 1. The smallest absolute Gasteiger partial charge is 0.339 e.